The molecule has 0 radical (unpaired) electrons. The normalized spacial score (nSPS) is 22.8. The molecule has 0 spiro atoms. The van der Waals surface area contributed by atoms with E-state index in [0.29, 0.717) is 6.04 Å². The molecule has 2 N–H and O–H groups in total. The summed E-state index contributed by atoms with van der Waals surface area (Å²) < 4.78 is 0. The molecule has 3 heteroatoms. The zero-order chi connectivity index (χ0) is 13.1. The minimum Gasteiger partial charge on any atom is -0.388 e. The third-order valence-electron chi connectivity index (χ3n) is 3.79. The first kappa shape index (κ1) is 12.9. The molecule has 3 nitrogen and oxygen atoms in total. The van der Waals surface area contributed by atoms with Gasteiger partial charge in [-0.1, -0.05) is 6.92 Å². The highest BCUT2D eigenvalue weighted by molar-refractivity contribution is 5.95. The highest BCUT2D eigenvalue weighted by atomic mass is 16.1. The lowest BCUT2D eigenvalue weighted by molar-refractivity contribution is 0.0937. The van der Waals surface area contributed by atoms with Crippen molar-refractivity contribution in [3.05, 3.63) is 29.3 Å². The van der Waals surface area contributed by atoms with Gasteiger partial charge in [-0.05, 0) is 55.9 Å². The van der Waals surface area contributed by atoms with E-state index in [1.807, 2.05) is 32.2 Å². The highest BCUT2D eigenvalue weighted by Crippen LogP contribution is 2.25. The molecule has 98 valence electrons. The van der Waals surface area contributed by atoms with Gasteiger partial charge in [0.05, 0.1) is 0 Å². The number of carbonyl (C=O) groups is 1. The summed E-state index contributed by atoms with van der Waals surface area (Å²) in [5, 5.41) is 6.24. The molecule has 0 bridgehead atoms. The zero-order valence-corrected chi connectivity index (χ0v) is 11.4. The summed E-state index contributed by atoms with van der Waals surface area (Å²) in [4.78, 5) is 12.1. The number of nitrogens with one attached hydrogen (secondary N) is 2. The van der Waals surface area contributed by atoms with Gasteiger partial charge in [-0.2, -0.15) is 0 Å². The standard InChI is InChI=1S/C15H22N2O/c1-10-4-6-13(8-10)17-15(18)12-5-7-14(16-3)11(2)9-12/h5,7,9-10,13,16H,4,6,8H2,1-3H3,(H,17,18). The van der Waals surface area contributed by atoms with Gasteiger partial charge >= 0.3 is 0 Å². The fourth-order valence-electron chi connectivity index (χ4n) is 2.69. The average Bonchev–Trinajstić information content (AvgIpc) is 2.74. The molecule has 1 saturated carbocycles. The topological polar surface area (TPSA) is 41.1 Å². The first-order valence-electron chi connectivity index (χ1n) is 6.69. The smallest absolute Gasteiger partial charge is 0.251 e. The SMILES string of the molecule is CNc1ccc(C(=O)NC2CCC(C)C2)cc1C. The van der Waals surface area contributed by atoms with E-state index < -0.39 is 0 Å². The van der Waals surface area contributed by atoms with E-state index >= 15 is 0 Å². The largest absolute Gasteiger partial charge is 0.388 e. The Morgan fingerprint density at radius 3 is 2.67 bits per heavy atom. The van der Waals surface area contributed by atoms with Crippen LogP contribution in [0, 0.1) is 12.8 Å². The van der Waals surface area contributed by atoms with Gasteiger partial charge in [0.2, 0.25) is 0 Å². The Kier molecular flexibility index (Phi) is 3.90. The number of benzene rings is 1. The van der Waals surface area contributed by atoms with Crippen LogP contribution in [-0.2, 0) is 0 Å². The van der Waals surface area contributed by atoms with E-state index in [2.05, 4.69) is 17.6 Å². The second-order valence-corrected chi connectivity index (χ2v) is 5.37. The summed E-state index contributed by atoms with van der Waals surface area (Å²) in [5.41, 5.74) is 2.93. The van der Waals surface area contributed by atoms with Crippen LogP contribution in [0.15, 0.2) is 18.2 Å². The van der Waals surface area contributed by atoms with Crippen LogP contribution in [-0.4, -0.2) is 19.0 Å². The maximum Gasteiger partial charge on any atom is 0.251 e. The lowest BCUT2D eigenvalue weighted by Gasteiger charge is -2.13. The Labute approximate surface area is 109 Å². The van der Waals surface area contributed by atoms with Crippen LogP contribution >= 0.6 is 0 Å². The van der Waals surface area contributed by atoms with Crippen molar-refractivity contribution in [1.82, 2.24) is 5.32 Å². The number of amides is 1. The summed E-state index contributed by atoms with van der Waals surface area (Å²) in [7, 11) is 1.89. The molecule has 1 aliphatic rings. The molecule has 1 fully saturated rings. The van der Waals surface area contributed by atoms with Crippen molar-refractivity contribution in [2.45, 2.75) is 39.2 Å². The summed E-state index contributed by atoms with van der Waals surface area (Å²) in [6.07, 6.45) is 3.45. The van der Waals surface area contributed by atoms with Crippen molar-refractivity contribution in [2.24, 2.45) is 5.92 Å². The van der Waals surface area contributed by atoms with E-state index in [1.165, 1.54) is 6.42 Å². The minimum absolute atomic E-state index is 0.0554. The van der Waals surface area contributed by atoms with Crippen molar-refractivity contribution < 1.29 is 4.79 Å². The van der Waals surface area contributed by atoms with E-state index in [0.717, 1.165) is 35.6 Å². The first-order valence-corrected chi connectivity index (χ1v) is 6.69. The molecule has 0 aromatic heterocycles. The fraction of sp³-hybridized carbons (Fsp3) is 0.533. The fourth-order valence-corrected chi connectivity index (χ4v) is 2.69. The van der Waals surface area contributed by atoms with Gasteiger partial charge in [-0.15, -0.1) is 0 Å². The van der Waals surface area contributed by atoms with Crippen molar-refractivity contribution in [3.8, 4) is 0 Å². The van der Waals surface area contributed by atoms with Crippen molar-refractivity contribution in [2.75, 3.05) is 12.4 Å². The van der Waals surface area contributed by atoms with E-state index in [9.17, 15) is 4.79 Å². The van der Waals surface area contributed by atoms with Crippen LogP contribution in [0.5, 0.6) is 0 Å². The van der Waals surface area contributed by atoms with Crippen molar-refractivity contribution in [1.29, 1.82) is 0 Å². The summed E-state index contributed by atoms with van der Waals surface area (Å²) in [5.74, 6) is 0.795. The van der Waals surface area contributed by atoms with Crippen molar-refractivity contribution in [3.63, 3.8) is 0 Å². The first-order chi connectivity index (χ1) is 8.60. The summed E-state index contributed by atoms with van der Waals surface area (Å²) in [6, 6.07) is 6.14. The molecule has 0 saturated heterocycles. The second kappa shape index (κ2) is 5.42. The van der Waals surface area contributed by atoms with E-state index in [-0.39, 0.29) is 5.91 Å². The van der Waals surface area contributed by atoms with E-state index in [4.69, 9.17) is 0 Å². The maximum atomic E-state index is 12.1. The number of carbonyl (C=O) groups excluding carboxylic acids is 1. The molecule has 0 aliphatic heterocycles. The molecular formula is C15H22N2O. The third-order valence-corrected chi connectivity index (χ3v) is 3.79. The molecule has 1 amide bonds. The molecule has 2 rings (SSSR count). The Balaban J connectivity index is 2.02. The van der Waals surface area contributed by atoms with Crippen LogP contribution in [0.3, 0.4) is 0 Å². The predicted molar refractivity (Wildman–Crippen MR) is 75.0 cm³/mol. The number of hydrogen-bond acceptors (Lipinski definition) is 2. The van der Waals surface area contributed by atoms with Gasteiger partial charge < -0.3 is 10.6 Å². The molecule has 1 aliphatic carbocycles. The molecular weight excluding hydrogens is 224 g/mol. The van der Waals surface area contributed by atoms with Gasteiger partial charge in [-0.25, -0.2) is 0 Å². The predicted octanol–water partition coefficient (Wildman–Crippen LogP) is 2.96. The lowest BCUT2D eigenvalue weighted by Crippen LogP contribution is -2.32. The van der Waals surface area contributed by atoms with E-state index in [1.54, 1.807) is 0 Å². The Hall–Kier alpha value is -1.51. The van der Waals surface area contributed by atoms with Crippen LogP contribution in [0.2, 0.25) is 0 Å². The van der Waals surface area contributed by atoms with Crippen LogP contribution < -0.4 is 10.6 Å². The molecule has 2 atom stereocenters. The summed E-state index contributed by atoms with van der Waals surface area (Å²) >= 11 is 0. The van der Waals surface area contributed by atoms with Gasteiger partial charge in [0.25, 0.3) is 5.91 Å². The molecule has 2 unspecified atom stereocenters. The maximum absolute atomic E-state index is 12.1. The third kappa shape index (κ3) is 2.84. The number of aryl methyl sites for hydroxylation is 1. The number of hydrogen-bond donors (Lipinski definition) is 2. The Morgan fingerprint density at radius 2 is 2.11 bits per heavy atom. The van der Waals surface area contributed by atoms with Gasteiger partial charge in [0.1, 0.15) is 0 Å². The van der Waals surface area contributed by atoms with Crippen LogP contribution in [0.1, 0.15) is 42.1 Å². The quantitative estimate of drug-likeness (QED) is 0.861. The molecule has 0 heterocycles. The monoisotopic (exact) mass is 246 g/mol. The average molecular weight is 246 g/mol. The molecule has 1 aromatic carbocycles. The molecule has 1 aromatic rings. The molecule has 18 heavy (non-hydrogen) atoms. The highest BCUT2D eigenvalue weighted by Gasteiger charge is 2.23. The lowest BCUT2D eigenvalue weighted by atomic mass is 10.1. The van der Waals surface area contributed by atoms with Gasteiger partial charge in [0, 0.05) is 24.3 Å². The minimum atomic E-state index is 0.0554. The zero-order valence-electron chi connectivity index (χ0n) is 11.4. The van der Waals surface area contributed by atoms with Crippen LogP contribution in [0.25, 0.3) is 0 Å². The van der Waals surface area contributed by atoms with Gasteiger partial charge in [-0.3, -0.25) is 4.79 Å². The number of rotatable bonds is 3. The second-order valence-electron chi connectivity index (χ2n) is 5.37. The summed E-state index contributed by atoms with van der Waals surface area (Å²) in [6.45, 7) is 4.26. The number of anilines is 1. The van der Waals surface area contributed by atoms with Gasteiger partial charge in [0.15, 0.2) is 0 Å². The Bertz CT molecular complexity index is 442. The van der Waals surface area contributed by atoms with Crippen LogP contribution in [0.4, 0.5) is 5.69 Å². The Morgan fingerprint density at radius 1 is 1.33 bits per heavy atom. The van der Waals surface area contributed by atoms with Crippen molar-refractivity contribution >= 4 is 11.6 Å².